The lowest BCUT2D eigenvalue weighted by molar-refractivity contribution is 0.0594. The number of benzene rings is 1. The number of methoxy groups -OCH3 is 1. The Labute approximate surface area is 164 Å². The molecule has 1 heterocycles. The molecular formula is C20H24N2O5S. The summed E-state index contributed by atoms with van der Waals surface area (Å²) in [6.45, 7) is 4.96. The van der Waals surface area contributed by atoms with Crippen LogP contribution in [0, 0.1) is 20.8 Å². The average molecular weight is 404 g/mol. The molecule has 1 saturated carbocycles. The van der Waals surface area contributed by atoms with E-state index in [0.29, 0.717) is 16.8 Å². The van der Waals surface area contributed by atoms with Crippen molar-refractivity contribution in [1.29, 1.82) is 0 Å². The van der Waals surface area contributed by atoms with Gasteiger partial charge in [0.25, 0.3) is 0 Å². The van der Waals surface area contributed by atoms with Crippen LogP contribution in [-0.2, 0) is 14.8 Å². The molecule has 1 aliphatic carbocycles. The van der Waals surface area contributed by atoms with Crippen LogP contribution in [0.25, 0.3) is 0 Å². The molecule has 0 radical (unpaired) electrons. The summed E-state index contributed by atoms with van der Waals surface area (Å²) in [4.78, 5) is 27.9. The number of esters is 1. The van der Waals surface area contributed by atoms with E-state index in [9.17, 15) is 18.0 Å². The van der Waals surface area contributed by atoms with E-state index in [4.69, 9.17) is 4.74 Å². The van der Waals surface area contributed by atoms with Crippen LogP contribution in [0.3, 0.4) is 0 Å². The number of carbonyl (C=O) groups is 2. The van der Waals surface area contributed by atoms with Crippen molar-refractivity contribution in [1.82, 2.24) is 9.29 Å². The number of sulfonamides is 1. The number of hydrogen-bond acceptors (Lipinski definition) is 5. The number of hydrogen-bond donors (Lipinski definition) is 1. The first-order chi connectivity index (χ1) is 13.2. The number of H-pyrrole nitrogens is 1. The molecule has 7 nitrogen and oxygen atoms in total. The van der Waals surface area contributed by atoms with Crippen LogP contribution < -0.4 is 0 Å². The number of nitrogens with zero attached hydrogens (tertiary/aromatic N) is 1. The van der Waals surface area contributed by atoms with Gasteiger partial charge in [-0.2, -0.15) is 4.31 Å². The summed E-state index contributed by atoms with van der Waals surface area (Å²) in [6, 6.07) is 6.43. The monoisotopic (exact) mass is 404 g/mol. The van der Waals surface area contributed by atoms with E-state index >= 15 is 0 Å². The quantitative estimate of drug-likeness (QED) is 0.565. The summed E-state index contributed by atoms with van der Waals surface area (Å²) in [5, 5.41) is 0. The smallest absolute Gasteiger partial charge is 0.354 e. The van der Waals surface area contributed by atoms with Gasteiger partial charge in [0, 0.05) is 17.3 Å². The lowest BCUT2D eigenvalue weighted by Crippen LogP contribution is -2.37. The van der Waals surface area contributed by atoms with Gasteiger partial charge in [-0.25, -0.2) is 13.2 Å². The maximum atomic E-state index is 13.1. The van der Waals surface area contributed by atoms with Gasteiger partial charge in [0.15, 0.2) is 5.78 Å². The Morgan fingerprint density at radius 2 is 1.75 bits per heavy atom. The molecule has 1 aromatic carbocycles. The SMILES string of the molecule is COC(=O)c1[nH]c(C)c(C(=O)CN(C2CC2)S(=O)(=O)c2ccc(C)cc2)c1C. The molecule has 8 heteroatoms. The van der Waals surface area contributed by atoms with Crippen molar-refractivity contribution >= 4 is 21.8 Å². The highest BCUT2D eigenvalue weighted by Crippen LogP contribution is 2.33. The van der Waals surface area contributed by atoms with Crippen molar-refractivity contribution in [3.05, 3.63) is 52.3 Å². The number of Topliss-reactive ketones (excluding diaryl/α,β-unsaturated/α-hetero) is 1. The highest BCUT2D eigenvalue weighted by atomic mass is 32.2. The molecule has 1 aliphatic rings. The Morgan fingerprint density at radius 3 is 2.29 bits per heavy atom. The van der Waals surface area contributed by atoms with Crippen LogP contribution >= 0.6 is 0 Å². The third-order valence-electron chi connectivity index (χ3n) is 4.99. The van der Waals surface area contributed by atoms with Gasteiger partial charge in [-0.15, -0.1) is 0 Å². The van der Waals surface area contributed by atoms with Crippen LogP contribution in [0.1, 0.15) is 50.5 Å². The predicted octanol–water partition coefficient (Wildman–Crippen LogP) is 2.76. The summed E-state index contributed by atoms with van der Waals surface area (Å²) in [5.41, 5.74) is 2.50. The molecule has 1 N–H and O–H groups in total. The number of rotatable bonds is 7. The lowest BCUT2D eigenvalue weighted by Gasteiger charge is -2.21. The zero-order valence-corrected chi connectivity index (χ0v) is 17.2. The van der Waals surface area contributed by atoms with Gasteiger partial charge in [0.2, 0.25) is 10.0 Å². The van der Waals surface area contributed by atoms with Crippen molar-refractivity contribution in [2.75, 3.05) is 13.7 Å². The van der Waals surface area contributed by atoms with Gasteiger partial charge in [-0.1, -0.05) is 17.7 Å². The van der Waals surface area contributed by atoms with E-state index in [2.05, 4.69) is 4.98 Å². The third-order valence-corrected chi connectivity index (χ3v) is 6.90. The molecule has 0 amide bonds. The van der Waals surface area contributed by atoms with Gasteiger partial charge >= 0.3 is 5.97 Å². The van der Waals surface area contributed by atoms with Crippen LogP contribution in [0.5, 0.6) is 0 Å². The number of aromatic amines is 1. The van der Waals surface area contributed by atoms with E-state index in [-0.39, 0.29) is 29.0 Å². The minimum atomic E-state index is -3.79. The van der Waals surface area contributed by atoms with E-state index in [0.717, 1.165) is 18.4 Å². The van der Waals surface area contributed by atoms with Crippen molar-refractivity contribution in [2.45, 2.75) is 44.6 Å². The standard InChI is InChI=1S/C20H24N2O5S/c1-12-5-9-16(10-6-12)28(25,26)22(15-7-8-15)11-17(23)18-13(2)19(20(24)27-4)21-14(18)3/h5-6,9-10,15,21H,7-8,11H2,1-4H3. The summed E-state index contributed by atoms with van der Waals surface area (Å²) in [7, 11) is -2.52. The zero-order valence-electron chi connectivity index (χ0n) is 16.4. The van der Waals surface area contributed by atoms with E-state index < -0.39 is 16.0 Å². The molecule has 1 aromatic heterocycles. The molecule has 0 aliphatic heterocycles. The van der Waals surface area contributed by atoms with Crippen LogP contribution in [-0.4, -0.2) is 49.2 Å². The summed E-state index contributed by atoms with van der Waals surface area (Å²) >= 11 is 0. The van der Waals surface area contributed by atoms with Gasteiger partial charge in [0.05, 0.1) is 18.6 Å². The fraction of sp³-hybridized carbons (Fsp3) is 0.400. The first-order valence-electron chi connectivity index (χ1n) is 9.06. The summed E-state index contributed by atoms with van der Waals surface area (Å²) in [6.07, 6.45) is 1.47. The maximum Gasteiger partial charge on any atom is 0.354 e. The molecule has 1 fully saturated rings. The molecule has 150 valence electrons. The van der Waals surface area contributed by atoms with Crippen molar-refractivity contribution in [3.8, 4) is 0 Å². The Hall–Kier alpha value is -2.45. The normalized spacial score (nSPS) is 14.3. The van der Waals surface area contributed by atoms with Crippen molar-refractivity contribution in [2.24, 2.45) is 0 Å². The molecular weight excluding hydrogens is 380 g/mol. The molecule has 0 spiro atoms. The number of aromatic nitrogens is 1. The highest BCUT2D eigenvalue weighted by Gasteiger charge is 2.40. The maximum absolute atomic E-state index is 13.1. The van der Waals surface area contributed by atoms with Gasteiger partial charge in [0.1, 0.15) is 5.69 Å². The number of carbonyl (C=O) groups excluding carboxylic acids is 2. The van der Waals surface area contributed by atoms with Crippen molar-refractivity contribution < 1.29 is 22.7 Å². The largest absolute Gasteiger partial charge is 0.464 e. The Kier molecular flexibility index (Phi) is 5.45. The topological polar surface area (TPSA) is 96.5 Å². The summed E-state index contributed by atoms with van der Waals surface area (Å²) < 4.78 is 32.2. The Balaban J connectivity index is 1.92. The minimum absolute atomic E-state index is 0.171. The number of ketones is 1. The second-order valence-corrected chi connectivity index (χ2v) is 9.02. The fourth-order valence-electron chi connectivity index (χ4n) is 3.31. The highest BCUT2D eigenvalue weighted by molar-refractivity contribution is 7.89. The average Bonchev–Trinajstić information content (AvgIpc) is 3.44. The minimum Gasteiger partial charge on any atom is -0.464 e. The second-order valence-electron chi connectivity index (χ2n) is 7.13. The second kappa shape index (κ2) is 7.52. The summed E-state index contributed by atoms with van der Waals surface area (Å²) in [5.74, 6) is -0.907. The van der Waals surface area contributed by atoms with Gasteiger partial charge < -0.3 is 9.72 Å². The van der Waals surface area contributed by atoms with Crippen LogP contribution in [0.4, 0.5) is 0 Å². The molecule has 28 heavy (non-hydrogen) atoms. The first-order valence-corrected chi connectivity index (χ1v) is 10.5. The number of ether oxygens (including phenoxy) is 1. The fourth-order valence-corrected chi connectivity index (χ4v) is 4.95. The van der Waals surface area contributed by atoms with E-state index in [1.807, 2.05) is 6.92 Å². The van der Waals surface area contributed by atoms with Crippen molar-refractivity contribution in [3.63, 3.8) is 0 Å². The Bertz CT molecular complexity index is 1020. The van der Waals surface area contributed by atoms with Crippen LogP contribution in [0.15, 0.2) is 29.2 Å². The van der Waals surface area contributed by atoms with Gasteiger partial charge in [-0.3, -0.25) is 4.79 Å². The molecule has 0 unspecified atom stereocenters. The van der Waals surface area contributed by atoms with Crippen LogP contribution in [0.2, 0.25) is 0 Å². The molecule has 0 atom stereocenters. The Morgan fingerprint density at radius 1 is 1.14 bits per heavy atom. The molecule has 2 aromatic rings. The lowest BCUT2D eigenvalue weighted by atomic mass is 10.1. The first kappa shape index (κ1) is 20.3. The van der Waals surface area contributed by atoms with E-state index in [1.54, 1.807) is 38.1 Å². The molecule has 3 rings (SSSR count). The number of aryl methyl sites for hydroxylation is 2. The predicted molar refractivity (Wildman–Crippen MR) is 104 cm³/mol. The molecule has 0 bridgehead atoms. The molecule has 0 saturated heterocycles. The van der Waals surface area contributed by atoms with Gasteiger partial charge in [-0.05, 0) is 51.3 Å². The third kappa shape index (κ3) is 3.74. The van der Waals surface area contributed by atoms with E-state index in [1.165, 1.54) is 11.4 Å². The zero-order chi connectivity index (χ0) is 20.6. The number of nitrogens with one attached hydrogen (secondary N) is 1.